The van der Waals surface area contributed by atoms with E-state index < -0.39 is 0 Å². The molecule has 0 spiro atoms. The highest BCUT2D eigenvalue weighted by atomic mass is 35.5. The van der Waals surface area contributed by atoms with E-state index in [4.69, 9.17) is 0 Å². The molecule has 1 fully saturated rings. The number of carbonyl (C=O) groups excluding carboxylic acids is 1. The van der Waals surface area contributed by atoms with E-state index in [9.17, 15) is 9.18 Å². The second-order valence-electron chi connectivity index (χ2n) is 6.12. The van der Waals surface area contributed by atoms with Crippen LogP contribution in [-0.4, -0.2) is 28.8 Å². The molecule has 0 unspecified atom stereocenters. The highest BCUT2D eigenvalue weighted by molar-refractivity contribution is 5.85. The molecule has 0 saturated carbocycles. The van der Waals surface area contributed by atoms with Gasteiger partial charge in [0.15, 0.2) is 0 Å². The third kappa shape index (κ3) is 3.94. The smallest absolute Gasteiger partial charge is 0.225 e. The minimum Gasteiger partial charge on any atom is -0.352 e. The number of halogens is 2. The van der Waals surface area contributed by atoms with Crippen molar-refractivity contribution in [2.75, 3.05) is 13.1 Å². The Bertz CT molecular complexity index is 718. The predicted molar refractivity (Wildman–Crippen MR) is 92.5 cm³/mol. The fourth-order valence-electron chi connectivity index (χ4n) is 3.07. The van der Waals surface area contributed by atoms with E-state index in [1.165, 1.54) is 6.07 Å². The summed E-state index contributed by atoms with van der Waals surface area (Å²) in [4.78, 5) is 12.5. The van der Waals surface area contributed by atoms with Gasteiger partial charge in [-0.25, -0.2) is 4.39 Å². The number of nitrogens with one attached hydrogen (secondary N) is 2. The fourth-order valence-corrected chi connectivity index (χ4v) is 3.07. The van der Waals surface area contributed by atoms with Crippen LogP contribution in [0.3, 0.4) is 0 Å². The summed E-state index contributed by atoms with van der Waals surface area (Å²) in [5, 5.41) is 10.4. The Labute approximate surface area is 147 Å². The second kappa shape index (κ2) is 7.77. The lowest BCUT2D eigenvalue weighted by atomic mass is 9.90. The third-order valence-electron chi connectivity index (χ3n) is 4.39. The van der Waals surface area contributed by atoms with Crippen molar-refractivity contribution in [3.63, 3.8) is 0 Å². The van der Waals surface area contributed by atoms with Crippen molar-refractivity contribution >= 4 is 18.3 Å². The highest BCUT2D eigenvalue weighted by Gasteiger charge is 2.34. The average molecular weight is 353 g/mol. The van der Waals surface area contributed by atoms with E-state index in [0.29, 0.717) is 18.7 Å². The second-order valence-corrected chi connectivity index (χ2v) is 6.12. The molecule has 1 saturated heterocycles. The summed E-state index contributed by atoms with van der Waals surface area (Å²) >= 11 is 0. The van der Waals surface area contributed by atoms with Crippen LogP contribution in [0.4, 0.5) is 4.39 Å². The first-order chi connectivity index (χ1) is 11.0. The first kappa shape index (κ1) is 18.4. The molecular formula is C17H22ClFN4O. The van der Waals surface area contributed by atoms with Crippen molar-refractivity contribution in [2.45, 2.75) is 19.4 Å². The van der Waals surface area contributed by atoms with Crippen LogP contribution in [0.15, 0.2) is 30.6 Å². The number of rotatable bonds is 4. The molecule has 2 aromatic rings. The highest BCUT2D eigenvalue weighted by Crippen LogP contribution is 2.27. The summed E-state index contributed by atoms with van der Waals surface area (Å²) in [5.74, 6) is -0.179. The molecule has 5 nitrogen and oxygen atoms in total. The van der Waals surface area contributed by atoms with Gasteiger partial charge in [-0.2, -0.15) is 5.10 Å². The Morgan fingerprint density at radius 3 is 2.92 bits per heavy atom. The minimum absolute atomic E-state index is 0. The van der Waals surface area contributed by atoms with Crippen molar-refractivity contribution < 1.29 is 9.18 Å². The topological polar surface area (TPSA) is 59.0 Å². The van der Waals surface area contributed by atoms with Crippen molar-refractivity contribution in [3.05, 3.63) is 53.1 Å². The van der Waals surface area contributed by atoms with Gasteiger partial charge in [0.25, 0.3) is 0 Å². The zero-order valence-corrected chi connectivity index (χ0v) is 14.6. The number of carbonyl (C=O) groups is 1. The summed E-state index contributed by atoms with van der Waals surface area (Å²) in [7, 11) is 1.87. The fraction of sp³-hybridized carbons (Fsp3) is 0.412. The average Bonchev–Trinajstić information content (AvgIpc) is 3.16. The third-order valence-corrected chi connectivity index (χ3v) is 4.39. The lowest BCUT2D eigenvalue weighted by molar-refractivity contribution is -0.125. The number of hydrogen-bond donors (Lipinski definition) is 2. The minimum atomic E-state index is -0.225. The molecule has 0 aliphatic carbocycles. The van der Waals surface area contributed by atoms with E-state index in [2.05, 4.69) is 15.7 Å². The van der Waals surface area contributed by atoms with Gasteiger partial charge in [-0.05, 0) is 29.7 Å². The van der Waals surface area contributed by atoms with Crippen LogP contribution in [0.5, 0.6) is 0 Å². The quantitative estimate of drug-likeness (QED) is 0.883. The lowest BCUT2D eigenvalue weighted by Crippen LogP contribution is -2.34. The van der Waals surface area contributed by atoms with Crippen LogP contribution in [0.25, 0.3) is 0 Å². The van der Waals surface area contributed by atoms with Crippen LogP contribution in [-0.2, 0) is 18.4 Å². The van der Waals surface area contributed by atoms with Crippen molar-refractivity contribution in [2.24, 2.45) is 13.0 Å². The molecule has 1 amide bonds. The Morgan fingerprint density at radius 1 is 1.46 bits per heavy atom. The van der Waals surface area contributed by atoms with Gasteiger partial charge in [0.05, 0.1) is 12.1 Å². The summed E-state index contributed by atoms with van der Waals surface area (Å²) in [6.07, 6.45) is 3.78. The number of aromatic nitrogens is 2. The SMILES string of the molecule is Cc1cc(CNC(=O)[C@H]2CNC[C@@H]2c2cnn(C)c2)ccc1F.Cl. The molecule has 24 heavy (non-hydrogen) atoms. The molecule has 130 valence electrons. The molecule has 3 rings (SSSR count). The first-order valence-electron chi connectivity index (χ1n) is 7.76. The van der Waals surface area contributed by atoms with Crippen LogP contribution in [0.1, 0.15) is 22.6 Å². The number of benzene rings is 1. The van der Waals surface area contributed by atoms with Gasteiger partial charge in [-0.3, -0.25) is 9.48 Å². The van der Waals surface area contributed by atoms with E-state index >= 15 is 0 Å². The van der Waals surface area contributed by atoms with Crippen LogP contribution >= 0.6 is 12.4 Å². The predicted octanol–water partition coefficient (Wildman–Crippen LogP) is 1.91. The molecule has 1 aliphatic rings. The Morgan fingerprint density at radius 2 is 2.25 bits per heavy atom. The standard InChI is InChI=1S/C17H21FN4O.ClH/c1-11-5-12(3-4-16(11)18)6-20-17(23)15-9-19-8-14(15)13-7-21-22(2)10-13;/h3-5,7,10,14-15,19H,6,8-9H2,1-2H3,(H,20,23);1H/t14-,15+;/m1./s1. The van der Waals surface area contributed by atoms with Gasteiger partial charge in [-0.1, -0.05) is 12.1 Å². The number of amides is 1. The van der Waals surface area contributed by atoms with Gasteiger partial charge >= 0.3 is 0 Å². The van der Waals surface area contributed by atoms with Crippen LogP contribution in [0.2, 0.25) is 0 Å². The Balaban J connectivity index is 0.00000208. The maximum absolute atomic E-state index is 13.3. The molecule has 0 bridgehead atoms. The molecule has 2 N–H and O–H groups in total. The van der Waals surface area contributed by atoms with E-state index in [1.54, 1.807) is 23.7 Å². The molecule has 2 atom stereocenters. The van der Waals surface area contributed by atoms with Gasteiger partial charge in [-0.15, -0.1) is 12.4 Å². The van der Waals surface area contributed by atoms with Crippen molar-refractivity contribution in [3.8, 4) is 0 Å². The van der Waals surface area contributed by atoms with Crippen molar-refractivity contribution in [1.82, 2.24) is 20.4 Å². The monoisotopic (exact) mass is 352 g/mol. The zero-order chi connectivity index (χ0) is 16.4. The molecule has 1 aromatic carbocycles. The molecule has 7 heteroatoms. The normalized spacial score (nSPS) is 19.8. The lowest BCUT2D eigenvalue weighted by Gasteiger charge is -2.17. The Hall–Kier alpha value is -1.92. The summed E-state index contributed by atoms with van der Waals surface area (Å²) < 4.78 is 15.0. The number of nitrogens with zero attached hydrogens (tertiary/aromatic N) is 2. The largest absolute Gasteiger partial charge is 0.352 e. The Kier molecular flexibility index (Phi) is 5.96. The van der Waals surface area contributed by atoms with E-state index in [-0.39, 0.29) is 36.0 Å². The molecule has 0 radical (unpaired) electrons. The molecule has 1 aromatic heterocycles. The summed E-state index contributed by atoms with van der Waals surface area (Å²) in [6.45, 7) is 3.57. The summed E-state index contributed by atoms with van der Waals surface area (Å²) in [5.41, 5.74) is 2.57. The van der Waals surface area contributed by atoms with Gasteiger partial charge in [0.1, 0.15) is 5.82 Å². The zero-order valence-electron chi connectivity index (χ0n) is 13.8. The first-order valence-corrected chi connectivity index (χ1v) is 7.76. The molecule has 1 aliphatic heterocycles. The van der Waals surface area contributed by atoms with Crippen LogP contribution in [0, 0.1) is 18.7 Å². The van der Waals surface area contributed by atoms with Gasteiger partial charge < -0.3 is 10.6 Å². The number of aryl methyl sites for hydroxylation is 2. The van der Waals surface area contributed by atoms with Crippen LogP contribution < -0.4 is 10.6 Å². The van der Waals surface area contributed by atoms with Crippen molar-refractivity contribution in [1.29, 1.82) is 0 Å². The number of hydrogen-bond acceptors (Lipinski definition) is 3. The maximum Gasteiger partial charge on any atom is 0.225 e. The van der Waals surface area contributed by atoms with Gasteiger partial charge in [0.2, 0.25) is 5.91 Å². The summed E-state index contributed by atoms with van der Waals surface area (Å²) in [6, 6.07) is 4.90. The van der Waals surface area contributed by atoms with E-state index in [0.717, 1.165) is 17.7 Å². The van der Waals surface area contributed by atoms with Gasteiger partial charge in [0, 0.05) is 38.8 Å². The molecular weight excluding hydrogens is 331 g/mol. The van der Waals surface area contributed by atoms with E-state index in [1.807, 2.05) is 19.4 Å². The molecule has 2 heterocycles. The maximum atomic E-state index is 13.3.